The molecule has 1 aliphatic carbocycles. The van der Waals surface area contributed by atoms with E-state index in [9.17, 15) is 9.90 Å². The predicted octanol–water partition coefficient (Wildman–Crippen LogP) is 1.25. The number of hydrogen-bond donors (Lipinski definition) is 1. The first-order valence-corrected chi connectivity index (χ1v) is 9.49. The van der Waals surface area contributed by atoms with Crippen LogP contribution in [0.5, 0.6) is 0 Å². The Morgan fingerprint density at radius 3 is 2.56 bits per heavy atom. The van der Waals surface area contributed by atoms with Crippen molar-refractivity contribution in [3.05, 3.63) is 34.9 Å². The molecule has 25 heavy (non-hydrogen) atoms. The second kappa shape index (κ2) is 8.30. The first-order valence-electron chi connectivity index (χ1n) is 9.49. The van der Waals surface area contributed by atoms with E-state index in [0.717, 1.165) is 44.6 Å². The highest BCUT2D eigenvalue weighted by atomic mass is 16.3. The monoisotopic (exact) mass is 345 g/mol. The molecule has 1 fully saturated rings. The van der Waals surface area contributed by atoms with Crippen molar-refractivity contribution < 1.29 is 9.90 Å². The highest BCUT2D eigenvalue weighted by Crippen LogP contribution is 2.22. The molecule has 0 radical (unpaired) electrons. The molecule has 1 N–H and O–H groups in total. The number of aliphatic hydroxyl groups excluding tert-OH is 1. The van der Waals surface area contributed by atoms with Crippen molar-refractivity contribution in [1.29, 1.82) is 0 Å². The summed E-state index contributed by atoms with van der Waals surface area (Å²) in [6.45, 7) is 5.05. The molecule has 1 aromatic rings. The van der Waals surface area contributed by atoms with Crippen LogP contribution in [0.2, 0.25) is 0 Å². The number of carbonyl (C=O) groups excluding carboxylic acids is 1. The lowest BCUT2D eigenvalue weighted by atomic mass is 9.90. The van der Waals surface area contributed by atoms with Crippen LogP contribution in [-0.4, -0.2) is 85.2 Å². The van der Waals surface area contributed by atoms with E-state index in [0.29, 0.717) is 13.1 Å². The molecule has 1 aromatic carbocycles. The third kappa shape index (κ3) is 4.81. The number of amides is 1. The molecule has 1 amide bonds. The van der Waals surface area contributed by atoms with E-state index in [4.69, 9.17) is 0 Å². The maximum Gasteiger partial charge on any atom is 0.253 e. The lowest BCUT2D eigenvalue weighted by Crippen LogP contribution is -2.49. The number of fused-ring (bicyclic) bond motifs is 1. The van der Waals surface area contributed by atoms with Crippen LogP contribution >= 0.6 is 0 Å². The SMILES string of the molecule is CN1CCN(CC(O)CN(C)C(=O)c2ccc3c(c2)CCCC3)CC1. The number of nitrogens with zero attached hydrogens (tertiary/aromatic N) is 3. The van der Waals surface area contributed by atoms with Gasteiger partial charge in [0.25, 0.3) is 5.91 Å². The molecule has 2 aliphatic rings. The molecule has 138 valence electrons. The van der Waals surface area contributed by atoms with Crippen LogP contribution in [0.25, 0.3) is 0 Å². The van der Waals surface area contributed by atoms with Crippen LogP contribution in [0, 0.1) is 0 Å². The summed E-state index contributed by atoms with van der Waals surface area (Å²) in [7, 11) is 3.91. The van der Waals surface area contributed by atoms with Crippen LogP contribution in [-0.2, 0) is 12.8 Å². The van der Waals surface area contributed by atoms with Gasteiger partial charge in [-0.25, -0.2) is 0 Å². The number of piperazine rings is 1. The van der Waals surface area contributed by atoms with Gasteiger partial charge in [-0.3, -0.25) is 9.69 Å². The fraction of sp³-hybridized carbons (Fsp3) is 0.650. The van der Waals surface area contributed by atoms with E-state index in [1.54, 1.807) is 11.9 Å². The number of rotatable bonds is 5. The molecule has 1 atom stereocenters. The summed E-state index contributed by atoms with van der Waals surface area (Å²) in [5, 5.41) is 10.4. The Balaban J connectivity index is 1.53. The number of carbonyl (C=O) groups is 1. The Morgan fingerprint density at radius 1 is 1.16 bits per heavy atom. The average molecular weight is 345 g/mol. The minimum Gasteiger partial charge on any atom is -0.390 e. The zero-order valence-corrected chi connectivity index (χ0v) is 15.6. The van der Waals surface area contributed by atoms with Crippen molar-refractivity contribution in [3.8, 4) is 0 Å². The molecule has 0 saturated carbocycles. The van der Waals surface area contributed by atoms with Gasteiger partial charge in [0.1, 0.15) is 0 Å². The normalized spacial score (nSPS) is 20.1. The second-order valence-electron chi connectivity index (χ2n) is 7.63. The van der Waals surface area contributed by atoms with Gasteiger partial charge in [0.15, 0.2) is 0 Å². The van der Waals surface area contributed by atoms with Crippen LogP contribution in [0.1, 0.15) is 34.3 Å². The van der Waals surface area contributed by atoms with Crippen LogP contribution in [0.4, 0.5) is 0 Å². The Hall–Kier alpha value is -1.43. The van der Waals surface area contributed by atoms with Gasteiger partial charge in [-0.2, -0.15) is 0 Å². The highest BCUT2D eigenvalue weighted by Gasteiger charge is 2.21. The number of aliphatic hydroxyl groups is 1. The smallest absolute Gasteiger partial charge is 0.253 e. The number of β-amino-alcohol motifs (C(OH)–C–C–N with tert-alkyl or cyclic N) is 1. The zero-order valence-electron chi connectivity index (χ0n) is 15.6. The van der Waals surface area contributed by atoms with Gasteiger partial charge in [-0.1, -0.05) is 6.07 Å². The summed E-state index contributed by atoms with van der Waals surface area (Å²) < 4.78 is 0. The molecule has 1 heterocycles. The van der Waals surface area contributed by atoms with Crippen molar-refractivity contribution in [2.24, 2.45) is 0 Å². The van der Waals surface area contributed by atoms with Gasteiger partial charge in [-0.05, 0) is 56.0 Å². The second-order valence-corrected chi connectivity index (χ2v) is 7.63. The van der Waals surface area contributed by atoms with Gasteiger partial charge in [0.05, 0.1) is 6.10 Å². The molecule has 5 heteroatoms. The first-order chi connectivity index (χ1) is 12.0. The van der Waals surface area contributed by atoms with E-state index in [-0.39, 0.29) is 5.91 Å². The van der Waals surface area contributed by atoms with Gasteiger partial charge < -0.3 is 14.9 Å². The molecule has 1 aliphatic heterocycles. The van der Waals surface area contributed by atoms with Gasteiger partial charge in [-0.15, -0.1) is 0 Å². The highest BCUT2D eigenvalue weighted by molar-refractivity contribution is 5.94. The molecule has 5 nitrogen and oxygen atoms in total. The molecule has 1 unspecified atom stereocenters. The van der Waals surface area contributed by atoms with E-state index < -0.39 is 6.10 Å². The Kier molecular flexibility index (Phi) is 6.10. The van der Waals surface area contributed by atoms with Crippen LogP contribution < -0.4 is 0 Å². The summed E-state index contributed by atoms with van der Waals surface area (Å²) in [4.78, 5) is 18.9. The average Bonchev–Trinajstić information content (AvgIpc) is 2.62. The quantitative estimate of drug-likeness (QED) is 0.872. The topological polar surface area (TPSA) is 47.0 Å². The van der Waals surface area contributed by atoms with Crippen molar-refractivity contribution in [1.82, 2.24) is 14.7 Å². The number of aryl methyl sites for hydroxylation is 2. The first kappa shape index (κ1) is 18.4. The largest absolute Gasteiger partial charge is 0.390 e. The number of hydrogen-bond acceptors (Lipinski definition) is 4. The summed E-state index contributed by atoms with van der Waals surface area (Å²) in [5.41, 5.74) is 3.46. The number of likely N-dealkylation sites (N-methyl/N-ethyl adjacent to an activating group) is 2. The van der Waals surface area contributed by atoms with Crippen molar-refractivity contribution in [3.63, 3.8) is 0 Å². The fourth-order valence-electron chi connectivity index (χ4n) is 3.87. The molecular weight excluding hydrogens is 314 g/mol. The van der Waals surface area contributed by atoms with Gasteiger partial charge in [0, 0.05) is 51.9 Å². The third-order valence-electron chi connectivity index (χ3n) is 5.49. The van der Waals surface area contributed by atoms with E-state index in [1.807, 2.05) is 6.07 Å². The van der Waals surface area contributed by atoms with E-state index in [1.165, 1.54) is 24.0 Å². The van der Waals surface area contributed by atoms with Gasteiger partial charge in [0.2, 0.25) is 0 Å². The molecule has 3 rings (SSSR count). The lowest BCUT2D eigenvalue weighted by Gasteiger charge is -2.34. The maximum atomic E-state index is 12.7. The van der Waals surface area contributed by atoms with Crippen LogP contribution in [0.15, 0.2) is 18.2 Å². The summed E-state index contributed by atoms with van der Waals surface area (Å²) in [5.74, 6) is 0.00537. The zero-order chi connectivity index (χ0) is 17.8. The van der Waals surface area contributed by atoms with E-state index >= 15 is 0 Å². The molecule has 1 saturated heterocycles. The number of benzene rings is 1. The standard InChI is InChI=1S/C20H31N3O2/c1-21-9-11-23(12-10-21)15-19(24)14-22(2)20(25)18-8-7-16-5-3-4-6-17(16)13-18/h7-8,13,19,24H,3-6,9-12,14-15H2,1-2H3. The van der Waals surface area contributed by atoms with Crippen molar-refractivity contribution >= 4 is 5.91 Å². The van der Waals surface area contributed by atoms with E-state index in [2.05, 4.69) is 29.0 Å². The molecule has 0 aromatic heterocycles. The van der Waals surface area contributed by atoms with Crippen molar-refractivity contribution in [2.45, 2.75) is 31.8 Å². The minimum absolute atomic E-state index is 0.00537. The van der Waals surface area contributed by atoms with Gasteiger partial charge >= 0.3 is 0 Å². The molecular formula is C20H31N3O2. The summed E-state index contributed by atoms with van der Waals surface area (Å²) in [6.07, 6.45) is 4.16. The molecule has 0 bridgehead atoms. The summed E-state index contributed by atoms with van der Waals surface area (Å²) in [6, 6.07) is 6.10. The predicted molar refractivity (Wildman–Crippen MR) is 100.0 cm³/mol. The molecule has 0 spiro atoms. The Morgan fingerprint density at radius 2 is 1.84 bits per heavy atom. The maximum absolute atomic E-state index is 12.7. The lowest BCUT2D eigenvalue weighted by molar-refractivity contribution is 0.0501. The minimum atomic E-state index is -0.505. The third-order valence-corrected chi connectivity index (χ3v) is 5.49. The fourth-order valence-corrected chi connectivity index (χ4v) is 3.87. The van der Waals surface area contributed by atoms with Crippen LogP contribution in [0.3, 0.4) is 0 Å². The Bertz CT molecular complexity index is 597. The van der Waals surface area contributed by atoms with Crippen molar-refractivity contribution in [2.75, 3.05) is 53.4 Å². The Labute approximate surface area is 151 Å². The summed E-state index contributed by atoms with van der Waals surface area (Å²) >= 11 is 0.